The van der Waals surface area contributed by atoms with Crippen LogP contribution in [0, 0.1) is 13.8 Å². The van der Waals surface area contributed by atoms with Gasteiger partial charge in [-0.3, -0.25) is 9.10 Å². The lowest BCUT2D eigenvalue weighted by Crippen LogP contribution is -2.38. The summed E-state index contributed by atoms with van der Waals surface area (Å²) >= 11 is 0. The molecular weight excluding hydrogens is 368 g/mol. The van der Waals surface area contributed by atoms with Crippen LogP contribution in [-0.2, 0) is 19.6 Å². The molecular formula is C19H22N2O5S. The number of ether oxygens (including phenoxy) is 1. The molecule has 0 radical (unpaired) electrons. The Hall–Kier alpha value is -2.87. The number of sulfonamides is 1. The average molecular weight is 390 g/mol. The van der Waals surface area contributed by atoms with E-state index >= 15 is 0 Å². The highest BCUT2D eigenvalue weighted by atomic mass is 32.2. The summed E-state index contributed by atoms with van der Waals surface area (Å²) in [5.74, 6) is -1.05. The molecule has 1 amide bonds. The van der Waals surface area contributed by atoms with Gasteiger partial charge < -0.3 is 10.1 Å². The lowest BCUT2D eigenvalue weighted by Gasteiger charge is -2.24. The van der Waals surface area contributed by atoms with Crippen LogP contribution < -0.4 is 9.62 Å². The minimum Gasteiger partial charge on any atom is -0.465 e. The molecule has 27 heavy (non-hydrogen) atoms. The summed E-state index contributed by atoms with van der Waals surface area (Å²) in [5.41, 5.74) is 2.74. The number of nitrogens with one attached hydrogen (secondary N) is 1. The van der Waals surface area contributed by atoms with Crippen molar-refractivity contribution in [2.45, 2.75) is 13.8 Å². The molecule has 7 nitrogen and oxygen atoms in total. The van der Waals surface area contributed by atoms with Gasteiger partial charge in [-0.05, 0) is 49.2 Å². The first kappa shape index (κ1) is 20.4. The van der Waals surface area contributed by atoms with E-state index in [2.05, 4.69) is 10.1 Å². The maximum absolute atomic E-state index is 12.5. The number of carbonyl (C=O) groups excluding carboxylic acids is 2. The second kappa shape index (κ2) is 8.22. The third-order valence-corrected chi connectivity index (χ3v) is 5.01. The molecule has 2 aromatic carbocycles. The number of rotatable bonds is 6. The number of aryl methyl sites for hydroxylation is 2. The lowest BCUT2D eigenvalue weighted by atomic mass is 10.1. The molecule has 0 aliphatic rings. The molecule has 8 heteroatoms. The largest absolute Gasteiger partial charge is 0.465 e. The molecule has 144 valence electrons. The Kier molecular flexibility index (Phi) is 6.22. The van der Waals surface area contributed by atoms with E-state index in [-0.39, 0.29) is 12.1 Å². The summed E-state index contributed by atoms with van der Waals surface area (Å²) in [5, 5.41) is 2.61. The molecule has 2 rings (SSSR count). The predicted molar refractivity (Wildman–Crippen MR) is 105 cm³/mol. The van der Waals surface area contributed by atoms with Gasteiger partial charge in [-0.1, -0.05) is 18.2 Å². The van der Waals surface area contributed by atoms with Gasteiger partial charge in [0.15, 0.2) is 0 Å². The first-order chi connectivity index (χ1) is 12.6. The van der Waals surface area contributed by atoms with Crippen molar-refractivity contribution in [2.75, 3.05) is 29.5 Å². The molecule has 0 aliphatic carbocycles. The van der Waals surface area contributed by atoms with Gasteiger partial charge in [0, 0.05) is 5.69 Å². The smallest absolute Gasteiger partial charge is 0.337 e. The van der Waals surface area contributed by atoms with E-state index < -0.39 is 21.9 Å². The minimum absolute atomic E-state index is 0.282. The fourth-order valence-corrected chi connectivity index (χ4v) is 3.45. The Balaban J connectivity index is 2.25. The number of benzene rings is 2. The Morgan fingerprint density at radius 1 is 1.11 bits per heavy atom. The minimum atomic E-state index is -3.67. The number of carbonyl (C=O) groups is 2. The molecule has 0 aromatic heterocycles. The fraction of sp³-hybridized carbons (Fsp3) is 0.263. The van der Waals surface area contributed by atoms with Crippen LogP contribution in [0.15, 0.2) is 42.5 Å². The number of nitrogens with zero attached hydrogens (tertiary/aromatic N) is 1. The van der Waals surface area contributed by atoms with Gasteiger partial charge in [0.25, 0.3) is 0 Å². The molecule has 0 spiro atoms. The molecule has 0 atom stereocenters. The van der Waals surface area contributed by atoms with E-state index in [4.69, 9.17) is 0 Å². The van der Waals surface area contributed by atoms with Crippen LogP contribution in [0.3, 0.4) is 0 Å². The van der Waals surface area contributed by atoms with E-state index in [1.807, 2.05) is 13.0 Å². The summed E-state index contributed by atoms with van der Waals surface area (Å²) in [6, 6.07) is 11.6. The zero-order valence-corrected chi connectivity index (χ0v) is 16.5. The number of hydrogen-bond donors (Lipinski definition) is 1. The highest BCUT2D eigenvalue weighted by Crippen LogP contribution is 2.24. The van der Waals surface area contributed by atoms with Gasteiger partial charge in [0.05, 0.1) is 24.6 Å². The number of hydrogen-bond acceptors (Lipinski definition) is 5. The van der Waals surface area contributed by atoms with Gasteiger partial charge in [0.1, 0.15) is 6.54 Å². The highest BCUT2D eigenvalue weighted by molar-refractivity contribution is 7.92. The van der Waals surface area contributed by atoms with Gasteiger partial charge in [-0.15, -0.1) is 0 Å². The zero-order chi connectivity index (χ0) is 20.2. The average Bonchev–Trinajstić information content (AvgIpc) is 2.60. The lowest BCUT2D eigenvalue weighted by molar-refractivity contribution is -0.114. The van der Waals surface area contributed by atoms with E-state index in [0.29, 0.717) is 11.4 Å². The third kappa shape index (κ3) is 5.30. The summed E-state index contributed by atoms with van der Waals surface area (Å²) in [7, 11) is -2.41. The van der Waals surface area contributed by atoms with Crippen molar-refractivity contribution < 1.29 is 22.7 Å². The van der Waals surface area contributed by atoms with E-state index in [1.54, 1.807) is 37.3 Å². The first-order valence-electron chi connectivity index (χ1n) is 8.15. The predicted octanol–water partition coefficient (Wildman–Crippen LogP) is 2.49. The van der Waals surface area contributed by atoms with Gasteiger partial charge in [0.2, 0.25) is 15.9 Å². The highest BCUT2D eigenvalue weighted by Gasteiger charge is 2.22. The normalized spacial score (nSPS) is 11.0. The second-order valence-corrected chi connectivity index (χ2v) is 8.09. The van der Waals surface area contributed by atoms with Crippen LogP contribution in [0.4, 0.5) is 11.4 Å². The van der Waals surface area contributed by atoms with Crippen LogP contribution in [0.2, 0.25) is 0 Å². The van der Waals surface area contributed by atoms with E-state index in [9.17, 15) is 18.0 Å². The molecule has 0 bridgehead atoms. The molecule has 2 aromatic rings. The SMILES string of the molecule is COC(=O)c1cccc(NC(=O)CN(c2cc(C)ccc2C)S(C)(=O)=O)c1. The first-order valence-corrected chi connectivity index (χ1v) is 10.00. The monoisotopic (exact) mass is 390 g/mol. The van der Waals surface area contributed by atoms with Crippen LogP contribution in [0.25, 0.3) is 0 Å². The summed E-state index contributed by atoms with van der Waals surface area (Å²) in [6.07, 6.45) is 1.06. The fourth-order valence-electron chi connectivity index (χ4n) is 2.54. The van der Waals surface area contributed by atoms with E-state index in [0.717, 1.165) is 21.7 Å². The van der Waals surface area contributed by atoms with Crippen molar-refractivity contribution in [3.05, 3.63) is 59.2 Å². The molecule has 0 aliphatic heterocycles. The second-order valence-electron chi connectivity index (χ2n) is 6.18. The standard InChI is InChI=1S/C19H22N2O5S/c1-13-8-9-14(2)17(10-13)21(27(4,24)25)12-18(22)20-16-7-5-6-15(11-16)19(23)26-3/h5-11H,12H2,1-4H3,(H,20,22). The van der Waals surface area contributed by atoms with Crippen LogP contribution in [0.1, 0.15) is 21.5 Å². The van der Waals surface area contributed by atoms with Crippen molar-refractivity contribution >= 4 is 33.3 Å². The van der Waals surface area contributed by atoms with Crippen molar-refractivity contribution in [1.82, 2.24) is 0 Å². The molecule has 1 N–H and O–H groups in total. The van der Waals surface area contributed by atoms with Gasteiger partial charge in [-0.2, -0.15) is 0 Å². The zero-order valence-electron chi connectivity index (χ0n) is 15.6. The third-order valence-electron chi connectivity index (χ3n) is 3.89. The molecule has 0 saturated carbocycles. The molecule has 0 heterocycles. The maximum Gasteiger partial charge on any atom is 0.337 e. The quantitative estimate of drug-likeness (QED) is 0.765. The number of methoxy groups -OCH3 is 1. The Bertz CT molecular complexity index is 970. The van der Waals surface area contributed by atoms with Crippen molar-refractivity contribution in [3.8, 4) is 0 Å². The molecule has 0 unspecified atom stereocenters. The molecule has 0 fully saturated rings. The van der Waals surface area contributed by atoms with Crippen molar-refractivity contribution in [1.29, 1.82) is 0 Å². The Morgan fingerprint density at radius 3 is 2.44 bits per heavy atom. The summed E-state index contributed by atoms with van der Waals surface area (Å²) in [6.45, 7) is 3.25. The molecule has 0 saturated heterocycles. The Morgan fingerprint density at radius 2 is 1.81 bits per heavy atom. The summed E-state index contributed by atoms with van der Waals surface area (Å²) < 4.78 is 30.2. The van der Waals surface area contributed by atoms with Crippen LogP contribution in [0.5, 0.6) is 0 Å². The number of esters is 1. The van der Waals surface area contributed by atoms with Gasteiger partial charge in [-0.25, -0.2) is 13.2 Å². The van der Waals surface area contributed by atoms with Gasteiger partial charge >= 0.3 is 5.97 Å². The maximum atomic E-state index is 12.5. The number of anilines is 2. The van der Waals surface area contributed by atoms with Crippen LogP contribution >= 0.6 is 0 Å². The van der Waals surface area contributed by atoms with Crippen molar-refractivity contribution in [2.24, 2.45) is 0 Å². The van der Waals surface area contributed by atoms with Crippen LogP contribution in [-0.4, -0.2) is 40.2 Å². The summed E-state index contributed by atoms with van der Waals surface area (Å²) in [4.78, 5) is 24.0. The Labute approximate surface area is 159 Å². The van der Waals surface area contributed by atoms with Crippen molar-refractivity contribution in [3.63, 3.8) is 0 Å². The topological polar surface area (TPSA) is 92.8 Å². The van der Waals surface area contributed by atoms with E-state index in [1.165, 1.54) is 13.2 Å². The number of amides is 1.